The second-order valence-corrected chi connectivity index (χ2v) is 6.86. The number of nitrogens with zero attached hydrogens (tertiary/aromatic N) is 3. The number of aromatic carboxylic acids is 1. The molecule has 3 heterocycles. The molecular formula is C17H19N3O3S. The number of thiazole rings is 1. The normalized spacial score (nSPS) is 17.8. The number of carboxylic acid groups (broad SMARTS) is 1. The quantitative estimate of drug-likeness (QED) is 0.923. The van der Waals surface area contributed by atoms with E-state index in [2.05, 4.69) is 9.97 Å². The molecule has 1 unspecified atom stereocenters. The molecule has 3 rings (SSSR count). The number of carbonyl (C=O) groups excluding carboxylic acids is 1. The summed E-state index contributed by atoms with van der Waals surface area (Å²) in [7, 11) is 0. The highest BCUT2D eigenvalue weighted by atomic mass is 32.1. The molecular weight excluding hydrogens is 326 g/mol. The van der Waals surface area contributed by atoms with E-state index in [0.717, 1.165) is 30.0 Å². The molecule has 0 saturated carbocycles. The number of aryl methyl sites for hydroxylation is 2. The van der Waals surface area contributed by atoms with Crippen molar-refractivity contribution in [2.75, 3.05) is 6.54 Å². The van der Waals surface area contributed by atoms with Crippen LogP contribution in [0.2, 0.25) is 0 Å². The molecule has 0 aliphatic carbocycles. The van der Waals surface area contributed by atoms with Gasteiger partial charge >= 0.3 is 5.97 Å². The Morgan fingerprint density at radius 1 is 1.25 bits per heavy atom. The lowest BCUT2D eigenvalue weighted by Crippen LogP contribution is -2.39. The van der Waals surface area contributed by atoms with Gasteiger partial charge in [0.15, 0.2) is 0 Å². The molecule has 1 N–H and O–H groups in total. The maximum absolute atomic E-state index is 12.9. The second-order valence-electron chi connectivity index (χ2n) is 5.97. The fraction of sp³-hybridized carbons (Fsp3) is 0.412. The van der Waals surface area contributed by atoms with Crippen LogP contribution in [0.15, 0.2) is 17.5 Å². The van der Waals surface area contributed by atoms with Crippen molar-refractivity contribution in [2.24, 2.45) is 0 Å². The van der Waals surface area contributed by atoms with Crippen molar-refractivity contribution < 1.29 is 14.7 Å². The third-order valence-corrected chi connectivity index (χ3v) is 5.28. The Labute approximate surface area is 144 Å². The summed E-state index contributed by atoms with van der Waals surface area (Å²) in [5.41, 5.74) is 1.73. The second kappa shape index (κ2) is 6.68. The van der Waals surface area contributed by atoms with E-state index < -0.39 is 5.97 Å². The van der Waals surface area contributed by atoms with E-state index in [1.165, 1.54) is 12.1 Å². The molecule has 126 valence electrons. The average Bonchev–Trinajstić information content (AvgIpc) is 3.00. The van der Waals surface area contributed by atoms with Gasteiger partial charge in [0.05, 0.1) is 17.3 Å². The molecule has 24 heavy (non-hydrogen) atoms. The molecule has 1 fully saturated rings. The first-order valence-electron chi connectivity index (χ1n) is 7.91. The fourth-order valence-corrected chi connectivity index (χ4v) is 3.95. The van der Waals surface area contributed by atoms with Crippen molar-refractivity contribution in [1.82, 2.24) is 14.9 Å². The number of piperidine rings is 1. The zero-order chi connectivity index (χ0) is 17.3. The Bertz CT molecular complexity index is 787. The van der Waals surface area contributed by atoms with Gasteiger partial charge in [-0.15, -0.1) is 11.3 Å². The van der Waals surface area contributed by atoms with Gasteiger partial charge < -0.3 is 10.0 Å². The van der Waals surface area contributed by atoms with Gasteiger partial charge in [-0.25, -0.2) is 14.8 Å². The zero-order valence-corrected chi connectivity index (χ0v) is 14.5. The van der Waals surface area contributed by atoms with Crippen LogP contribution in [-0.2, 0) is 0 Å². The number of likely N-dealkylation sites (tertiary alicyclic amines) is 1. The van der Waals surface area contributed by atoms with Crippen LogP contribution >= 0.6 is 11.3 Å². The zero-order valence-electron chi connectivity index (χ0n) is 13.7. The van der Waals surface area contributed by atoms with Crippen molar-refractivity contribution in [3.63, 3.8) is 0 Å². The SMILES string of the molecule is Cc1csc(C2CCCCN2C(=O)c2ccc(C(=O)O)c(C)n2)n1. The Hall–Kier alpha value is -2.28. The fourth-order valence-electron chi connectivity index (χ4n) is 3.01. The Morgan fingerprint density at radius 3 is 2.67 bits per heavy atom. The lowest BCUT2D eigenvalue weighted by atomic mass is 10.0. The number of pyridine rings is 1. The number of aromatic nitrogens is 2. The van der Waals surface area contributed by atoms with Crippen LogP contribution in [0.3, 0.4) is 0 Å². The summed E-state index contributed by atoms with van der Waals surface area (Å²) in [5.74, 6) is -1.19. The Kier molecular flexibility index (Phi) is 4.62. The molecule has 2 aromatic heterocycles. The van der Waals surface area contributed by atoms with E-state index in [0.29, 0.717) is 12.2 Å². The number of hydrogen-bond donors (Lipinski definition) is 1. The number of hydrogen-bond acceptors (Lipinski definition) is 5. The summed E-state index contributed by atoms with van der Waals surface area (Å²) in [5, 5.41) is 12.0. The van der Waals surface area contributed by atoms with Gasteiger partial charge in [0.2, 0.25) is 0 Å². The molecule has 1 atom stereocenters. The van der Waals surface area contributed by atoms with Crippen LogP contribution in [0.4, 0.5) is 0 Å². The first-order valence-corrected chi connectivity index (χ1v) is 8.79. The minimum absolute atomic E-state index is 0.0220. The number of carboxylic acids is 1. The van der Waals surface area contributed by atoms with Crippen LogP contribution < -0.4 is 0 Å². The lowest BCUT2D eigenvalue weighted by Gasteiger charge is -2.34. The first-order chi connectivity index (χ1) is 11.5. The summed E-state index contributed by atoms with van der Waals surface area (Å²) < 4.78 is 0. The minimum atomic E-state index is -1.03. The van der Waals surface area contributed by atoms with Crippen molar-refractivity contribution in [3.8, 4) is 0 Å². The average molecular weight is 345 g/mol. The van der Waals surface area contributed by atoms with Gasteiger partial charge in [0.25, 0.3) is 5.91 Å². The topological polar surface area (TPSA) is 83.4 Å². The highest BCUT2D eigenvalue weighted by molar-refractivity contribution is 7.09. The van der Waals surface area contributed by atoms with Crippen LogP contribution in [0.25, 0.3) is 0 Å². The maximum Gasteiger partial charge on any atom is 0.337 e. The van der Waals surface area contributed by atoms with Gasteiger partial charge in [-0.3, -0.25) is 4.79 Å². The molecule has 0 spiro atoms. The molecule has 1 amide bonds. The van der Waals surface area contributed by atoms with Crippen LogP contribution in [-0.4, -0.2) is 38.4 Å². The van der Waals surface area contributed by atoms with E-state index in [1.807, 2.05) is 17.2 Å². The lowest BCUT2D eigenvalue weighted by molar-refractivity contribution is 0.0602. The molecule has 1 saturated heterocycles. The van der Waals surface area contributed by atoms with Gasteiger partial charge in [-0.2, -0.15) is 0 Å². The molecule has 1 aliphatic heterocycles. The predicted octanol–water partition coefficient (Wildman–Crippen LogP) is 3.22. The summed E-state index contributed by atoms with van der Waals surface area (Å²) in [4.78, 5) is 34.6. The van der Waals surface area contributed by atoms with Gasteiger partial charge in [0.1, 0.15) is 10.7 Å². The number of amides is 1. The number of carbonyl (C=O) groups is 2. The van der Waals surface area contributed by atoms with Gasteiger partial charge in [-0.1, -0.05) is 0 Å². The highest BCUT2D eigenvalue weighted by Crippen LogP contribution is 2.33. The summed E-state index contributed by atoms with van der Waals surface area (Å²) in [6.07, 6.45) is 2.92. The van der Waals surface area contributed by atoms with E-state index in [1.54, 1.807) is 18.3 Å². The summed E-state index contributed by atoms with van der Waals surface area (Å²) in [6.45, 7) is 4.23. The third-order valence-electron chi connectivity index (χ3n) is 4.22. The van der Waals surface area contributed by atoms with Crippen molar-refractivity contribution in [2.45, 2.75) is 39.2 Å². The standard InChI is InChI=1S/C17H19N3O3S/c1-10-9-24-15(18-10)14-5-3-4-8-20(14)16(21)13-7-6-12(17(22)23)11(2)19-13/h6-7,9,14H,3-5,8H2,1-2H3,(H,22,23). The maximum atomic E-state index is 12.9. The number of rotatable bonds is 3. The van der Waals surface area contributed by atoms with E-state index in [9.17, 15) is 9.59 Å². The van der Waals surface area contributed by atoms with Gasteiger partial charge in [0, 0.05) is 17.6 Å². The summed E-state index contributed by atoms with van der Waals surface area (Å²) >= 11 is 1.58. The van der Waals surface area contributed by atoms with Crippen LogP contribution in [0.1, 0.15) is 62.5 Å². The highest BCUT2D eigenvalue weighted by Gasteiger charge is 2.31. The Balaban J connectivity index is 1.89. The van der Waals surface area contributed by atoms with E-state index in [-0.39, 0.29) is 23.2 Å². The van der Waals surface area contributed by atoms with E-state index in [4.69, 9.17) is 5.11 Å². The van der Waals surface area contributed by atoms with Crippen LogP contribution in [0.5, 0.6) is 0 Å². The van der Waals surface area contributed by atoms with Crippen molar-refractivity contribution >= 4 is 23.2 Å². The largest absolute Gasteiger partial charge is 0.478 e. The minimum Gasteiger partial charge on any atom is -0.478 e. The van der Waals surface area contributed by atoms with Crippen molar-refractivity contribution in [3.05, 3.63) is 45.2 Å². The molecule has 0 bridgehead atoms. The third kappa shape index (κ3) is 3.17. The molecule has 6 nitrogen and oxygen atoms in total. The molecule has 2 aromatic rings. The first kappa shape index (κ1) is 16.6. The molecule has 0 radical (unpaired) electrons. The monoisotopic (exact) mass is 345 g/mol. The smallest absolute Gasteiger partial charge is 0.337 e. The van der Waals surface area contributed by atoms with Crippen LogP contribution in [0, 0.1) is 13.8 Å². The van der Waals surface area contributed by atoms with Gasteiger partial charge in [-0.05, 0) is 45.2 Å². The summed E-state index contributed by atoms with van der Waals surface area (Å²) in [6, 6.07) is 2.92. The molecule has 1 aliphatic rings. The van der Waals surface area contributed by atoms with E-state index >= 15 is 0 Å². The Morgan fingerprint density at radius 2 is 2.04 bits per heavy atom. The molecule has 0 aromatic carbocycles. The predicted molar refractivity (Wildman–Crippen MR) is 90.4 cm³/mol. The van der Waals surface area contributed by atoms with Crippen molar-refractivity contribution in [1.29, 1.82) is 0 Å². The molecule has 7 heteroatoms.